The number of rotatable bonds is 5. The molecule has 1 aliphatic carbocycles. The summed E-state index contributed by atoms with van der Waals surface area (Å²) in [6.07, 6.45) is 3.15. The van der Waals surface area contributed by atoms with E-state index in [-0.39, 0.29) is 29.1 Å². The van der Waals surface area contributed by atoms with Gasteiger partial charge in [-0.3, -0.25) is 4.68 Å². The molecule has 2 rings (SSSR count). The van der Waals surface area contributed by atoms with E-state index in [0.29, 0.717) is 0 Å². The molecule has 0 amide bonds. The average molecular weight is 289 g/mol. The number of nitriles is 1. The first-order chi connectivity index (χ1) is 8.48. The summed E-state index contributed by atoms with van der Waals surface area (Å²) in [5, 5.41) is 12.6. The number of hydrogen-bond donors (Lipinski definition) is 0. The highest BCUT2D eigenvalue weighted by atomic mass is 35.5. The van der Waals surface area contributed by atoms with E-state index in [9.17, 15) is 8.42 Å². The Labute approximate surface area is 111 Å². The van der Waals surface area contributed by atoms with E-state index < -0.39 is 10.0 Å². The number of aromatic nitrogens is 2. The Bertz CT molecular complexity index is 566. The number of hydrogen-bond acceptors (Lipinski definition) is 4. The number of aryl methyl sites for hydroxylation is 1. The summed E-state index contributed by atoms with van der Waals surface area (Å²) in [4.78, 5) is 0. The lowest BCUT2D eigenvalue weighted by atomic mass is 10.4. The van der Waals surface area contributed by atoms with E-state index in [1.54, 1.807) is 0 Å². The summed E-state index contributed by atoms with van der Waals surface area (Å²) in [7, 11) is -2.14. The minimum absolute atomic E-state index is 0.00526. The fourth-order valence-electron chi connectivity index (χ4n) is 1.82. The van der Waals surface area contributed by atoms with E-state index >= 15 is 0 Å². The Morgan fingerprint density at radius 3 is 2.78 bits per heavy atom. The first-order valence-electron chi connectivity index (χ1n) is 5.54. The Kier molecular flexibility index (Phi) is 3.61. The molecule has 8 heteroatoms. The molecule has 0 spiro atoms. The van der Waals surface area contributed by atoms with Crippen molar-refractivity contribution in [3.05, 3.63) is 11.2 Å². The van der Waals surface area contributed by atoms with E-state index in [1.165, 1.54) is 22.2 Å². The molecule has 0 aliphatic heterocycles. The first-order valence-corrected chi connectivity index (χ1v) is 7.36. The Morgan fingerprint density at radius 1 is 1.67 bits per heavy atom. The molecular weight excluding hydrogens is 276 g/mol. The summed E-state index contributed by atoms with van der Waals surface area (Å²) in [6, 6.07) is 1.96. The van der Waals surface area contributed by atoms with Gasteiger partial charge in [0.15, 0.2) is 5.03 Å². The van der Waals surface area contributed by atoms with Crippen LogP contribution in [-0.2, 0) is 17.1 Å². The van der Waals surface area contributed by atoms with Gasteiger partial charge in [0.1, 0.15) is 0 Å². The predicted molar refractivity (Wildman–Crippen MR) is 65.4 cm³/mol. The third-order valence-electron chi connectivity index (χ3n) is 2.79. The van der Waals surface area contributed by atoms with Crippen LogP contribution in [0.3, 0.4) is 0 Å². The zero-order valence-electron chi connectivity index (χ0n) is 9.87. The number of sulfonamides is 1. The normalized spacial score (nSPS) is 15.9. The van der Waals surface area contributed by atoms with Gasteiger partial charge in [0.05, 0.1) is 17.3 Å². The van der Waals surface area contributed by atoms with Crippen LogP contribution < -0.4 is 0 Å². The fraction of sp³-hybridized carbons (Fsp3) is 0.600. The molecule has 1 heterocycles. The minimum atomic E-state index is -3.68. The molecule has 0 unspecified atom stereocenters. The van der Waals surface area contributed by atoms with Crippen molar-refractivity contribution in [1.29, 1.82) is 5.26 Å². The molecule has 0 N–H and O–H groups in total. The SMILES string of the molecule is Cn1ncc(Cl)c1S(=O)(=O)N(CCC#N)C1CC1. The molecule has 6 nitrogen and oxygen atoms in total. The van der Waals surface area contributed by atoms with Crippen LogP contribution in [0.5, 0.6) is 0 Å². The molecule has 1 aliphatic rings. The molecule has 0 aromatic carbocycles. The minimum Gasteiger partial charge on any atom is -0.255 e. The Morgan fingerprint density at radius 2 is 2.33 bits per heavy atom. The van der Waals surface area contributed by atoms with Gasteiger partial charge in [0.25, 0.3) is 10.0 Å². The molecular formula is C10H13ClN4O2S. The quantitative estimate of drug-likeness (QED) is 0.814. The van der Waals surface area contributed by atoms with E-state index in [4.69, 9.17) is 16.9 Å². The zero-order valence-corrected chi connectivity index (χ0v) is 11.4. The Balaban J connectivity index is 2.37. The van der Waals surface area contributed by atoms with Crippen molar-refractivity contribution in [2.24, 2.45) is 7.05 Å². The van der Waals surface area contributed by atoms with Crippen LogP contribution in [0.15, 0.2) is 11.2 Å². The lowest BCUT2D eigenvalue weighted by Crippen LogP contribution is -2.35. The smallest absolute Gasteiger partial charge is 0.255 e. The van der Waals surface area contributed by atoms with Crippen LogP contribution in [0, 0.1) is 11.3 Å². The van der Waals surface area contributed by atoms with Crippen LogP contribution in [0.25, 0.3) is 0 Å². The van der Waals surface area contributed by atoms with Gasteiger partial charge in [-0.15, -0.1) is 0 Å². The highest BCUT2D eigenvalue weighted by Gasteiger charge is 2.40. The van der Waals surface area contributed by atoms with Gasteiger partial charge in [0, 0.05) is 26.1 Å². The highest BCUT2D eigenvalue weighted by molar-refractivity contribution is 7.89. The maximum atomic E-state index is 12.5. The van der Waals surface area contributed by atoms with Crippen LogP contribution in [-0.4, -0.2) is 35.1 Å². The molecule has 0 bridgehead atoms. The van der Waals surface area contributed by atoms with Crippen molar-refractivity contribution in [3.63, 3.8) is 0 Å². The molecule has 1 fully saturated rings. The molecule has 0 atom stereocenters. The van der Waals surface area contributed by atoms with E-state index in [0.717, 1.165) is 12.8 Å². The molecule has 98 valence electrons. The van der Waals surface area contributed by atoms with Gasteiger partial charge in [-0.05, 0) is 12.8 Å². The molecule has 0 radical (unpaired) electrons. The number of nitrogens with zero attached hydrogens (tertiary/aromatic N) is 4. The summed E-state index contributed by atoms with van der Waals surface area (Å²) in [6.45, 7) is 0.199. The van der Waals surface area contributed by atoms with Crippen LogP contribution in [0.4, 0.5) is 0 Å². The molecule has 1 aromatic rings. The average Bonchev–Trinajstić information content (AvgIpc) is 3.05. The van der Waals surface area contributed by atoms with Gasteiger partial charge in [-0.2, -0.15) is 14.7 Å². The zero-order chi connectivity index (χ0) is 13.3. The van der Waals surface area contributed by atoms with Gasteiger partial charge in [-0.25, -0.2) is 8.42 Å². The topological polar surface area (TPSA) is 79.0 Å². The highest BCUT2D eigenvalue weighted by Crippen LogP contribution is 2.33. The van der Waals surface area contributed by atoms with Crippen molar-refractivity contribution in [3.8, 4) is 6.07 Å². The van der Waals surface area contributed by atoms with Gasteiger partial charge >= 0.3 is 0 Å². The summed E-state index contributed by atoms with van der Waals surface area (Å²) < 4.78 is 27.6. The summed E-state index contributed by atoms with van der Waals surface area (Å²) in [5.74, 6) is 0. The van der Waals surface area contributed by atoms with E-state index in [1.807, 2.05) is 6.07 Å². The van der Waals surface area contributed by atoms with E-state index in [2.05, 4.69) is 5.10 Å². The lowest BCUT2D eigenvalue weighted by Gasteiger charge is -2.20. The van der Waals surface area contributed by atoms with Crippen molar-refractivity contribution >= 4 is 21.6 Å². The third kappa shape index (κ3) is 2.36. The first kappa shape index (κ1) is 13.3. The maximum Gasteiger partial charge on any atom is 0.262 e. The predicted octanol–water partition coefficient (Wildman–Crippen LogP) is 1.14. The molecule has 18 heavy (non-hydrogen) atoms. The summed E-state index contributed by atoms with van der Waals surface area (Å²) in [5.41, 5.74) is 0. The largest absolute Gasteiger partial charge is 0.262 e. The summed E-state index contributed by atoms with van der Waals surface area (Å²) >= 11 is 5.88. The van der Waals surface area contributed by atoms with Crippen molar-refractivity contribution < 1.29 is 8.42 Å². The second-order valence-corrected chi connectivity index (χ2v) is 6.39. The monoisotopic (exact) mass is 288 g/mol. The third-order valence-corrected chi connectivity index (χ3v) is 5.25. The van der Waals surface area contributed by atoms with Crippen molar-refractivity contribution in [2.45, 2.75) is 30.3 Å². The Hall–Kier alpha value is -1.10. The van der Waals surface area contributed by atoms with Gasteiger partial charge in [0.2, 0.25) is 0 Å². The van der Waals surface area contributed by atoms with Crippen LogP contribution in [0.1, 0.15) is 19.3 Å². The number of halogens is 1. The van der Waals surface area contributed by atoms with Crippen molar-refractivity contribution in [1.82, 2.24) is 14.1 Å². The van der Waals surface area contributed by atoms with Gasteiger partial charge in [-0.1, -0.05) is 11.6 Å². The standard InChI is InChI=1S/C10H13ClN4O2S/c1-14-10(9(11)7-13-14)18(16,17)15(6-2-5-12)8-3-4-8/h7-8H,2-4,6H2,1H3. The second-order valence-electron chi connectivity index (χ2n) is 4.18. The molecule has 1 saturated carbocycles. The molecule has 1 aromatic heterocycles. The second kappa shape index (κ2) is 4.88. The van der Waals surface area contributed by atoms with Crippen LogP contribution >= 0.6 is 11.6 Å². The fourth-order valence-corrected chi connectivity index (χ4v) is 4.12. The maximum absolute atomic E-state index is 12.5. The van der Waals surface area contributed by atoms with Gasteiger partial charge < -0.3 is 0 Å². The van der Waals surface area contributed by atoms with Crippen molar-refractivity contribution in [2.75, 3.05) is 6.54 Å². The molecule has 0 saturated heterocycles. The lowest BCUT2D eigenvalue weighted by molar-refractivity contribution is 0.405. The van der Waals surface area contributed by atoms with Crippen LogP contribution in [0.2, 0.25) is 5.02 Å².